The number of hydrogen-bond donors (Lipinski definition) is 3. The van der Waals surface area contributed by atoms with Gasteiger partial charge in [-0.15, -0.1) is 0 Å². The van der Waals surface area contributed by atoms with Gasteiger partial charge in [-0.25, -0.2) is 0 Å². The van der Waals surface area contributed by atoms with Gasteiger partial charge in [0.15, 0.2) is 0 Å². The summed E-state index contributed by atoms with van der Waals surface area (Å²) in [5.41, 5.74) is 0. The van der Waals surface area contributed by atoms with Crippen molar-refractivity contribution in [3.8, 4) is 0 Å². The molecule has 0 aliphatic carbocycles. The third-order valence-electron chi connectivity index (χ3n) is 11.6. The summed E-state index contributed by atoms with van der Waals surface area (Å²) in [5, 5.41) is 23.7. The summed E-state index contributed by atoms with van der Waals surface area (Å²) in [6.45, 7) is 6.43. The van der Waals surface area contributed by atoms with E-state index >= 15 is 0 Å². The topological polar surface area (TPSA) is 95.9 Å². The molecule has 0 aliphatic rings. The van der Waals surface area contributed by atoms with E-state index < -0.39 is 18.2 Å². The molecule has 0 radical (unpaired) electrons. The van der Waals surface area contributed by atoms with E-state index in [1.165, 1.54) is 122 Å². The molecule has 0 spiro atoms. The SMILES string of the molecule is CCCCC/C=C\C/C=C\C/C=C\C/C=C\CCCC(CC(=O)NC(CO)C(O)CCCCCCCCCCCCCC)OC(=O)CCCCC/C=C\CCCCCCCC. The summed E-state index contributed by atoms with van der Waals surface area (Å²) in [6.07, 6.45) is 59.9. The van der Waals surface area contributed by atoms with Crippen LogP contribution >= 0.6 is 0 Å². The van der Waals surface area contributed by atoms with Crippen molar-refractivity contribution < 1.29 is 24.5 Å². The van der Waals surface area contributed by atoms with Crippen LogP contribution in [0.1, 0.15) is 252 Å². The van der Waals surface area contributed by atoms with E-state index in [0.717, 1.165) is 83.5 Å². The Morgan fingerprint density at radius 1 is 0.475 bits per heavy atom. The molecule has 0 aromatic rings. The second-order valence-electron chi connectivity index (χ2n) is 17.6. The Kier molecular flexibility index (Phi) is 46.6. The monoisotopic (exact) mass is 854 g/mol. The minimum absolute atomic E-state index is 0.0333. The maximum absolute atomic E-state index is 13.2. The number of rotatable bonds is 46. The Bertz CT molecular complexity index is 1090. The van der Waals surface area contributed by atoms with Crippen LogP contribution in [0.25, 0.3) is 0 Å². The van der Waals surface area contributed by atoms with Crippen molar-refractivity contribution in [2.75, 3.05) is 6.61 Å². The highest BCUT2D eigenvalue weighted by Crippen LogP contribution is 2.16. The van der Waals surface area contributed by atoms with Gasteiger partial charge in [0.1, 0.15) is 6.10 Å². The molecule has 61 heavy (non-hydrogen) atoms. The van der Waals surface area contributed by atoms with Crippen LogP contribution in [0.3, 0.4) is 0 Å². The fraction of sp³-hybridized carbons (Fsp3) is 0.782. The predicted molar refractivity (Wildman–Crippen MR) is 264 cm³/mol. The Labute approximate surface area is 378 Å². The smallest absolute Gasteiger partial charge is 0.306 e. The molecule has 3 N–H and O–H groups in total. The molecular formula is C55H99NO5. The largest absolute Gasteiger partial charge is 0.462 e. The van der Waals surface area contributed by atoms with Crippen molar-refractivity contribution in [3.63, 3.8) is 0 Å². The molecule has 0 aromatic carbocycles. The lowest BCUT2D eigenvalue weighted by atomic mass is 10.0. The van der Waals surface area contributed by atoms with Crippen LogP contribution in [-0.2, 0) is 14.3 Å². The first kappa shape index (κ1) is 58.6. The minimum Gasteiger partial charge on any atom is -0.462 e. The van der Waals surface area contributed by atoms with E-state index in [0.29, 0.717) is 19.3 Å². The predicted octanol–water partition coefficient (Wildman–Crippen LogP) is 15.6. The third kappa shape index (κ3) is 44.0. The minimum atomic E-state index is -0.805. The highest BCUT2D eigenvalue weighted by Gasteiger charge is 2.24. The number of aliphatic hydroxyl groups excluding tert-OH is 2. The second kappa shape index (κ2) is 48.6. The van der Waals surface area contributed by atoms with Crippen LogP contribution in [0.4, 0.5) is 0 Å². The first-order chi connectivity index (χ1) is 30.0. The van der Waals surface area contributed by atoms with E-state index in [1.807, 2.05) is 0 Å². The van der Waals surface area contributed by atoms with Gasteiger partial charge < -0.3 is 20.3 Å². The number of aliphatic hydroxyl groups is 2. The van der Waals surface area contributed by atoms with Gasteiger partial charge in [0.05, 0.1) is 25.2 Å². The number of amides is 1. The van der Waals surface area contributed by atoms with Crippen LogP contribution < -0.4 is 5.32 Å². The molecular weight excluding hydrogens is 755 g/mol. The summed E-state index contributed by atoms with van der Waals surface area (Å²) in [6, 6.07) is -0.722. The van der Waals surface area contributed by atoms with Crippen molar-refractivity contribution in [2.24, 2.45) is 0 Å². The fourth-order valence-electron chi connectivity index (χ4n) is 7.59. The molecule has 1 amide bonds. The molecule has 0 fully saturated rings. The number of carbonyl (C=O) groups is 2. The number of ether oxygens (including phenoxy) is 1. The highest BCUT2D eigenvalue weighted by atomic mass is 16.5. The average molecular weight is 854 g/mol. The Morgan fingerprint density at radius 2 is 0.852 bits per heavy atom. The zero-order valence-corrected chi connectivity index (χ0v) is 40.3. The number of allylic oxidation sites excluding steroid dienone is 10. The van der Waals surface area contributed by atoms with Gasteiger partial charge in [-0.05, 0) is 89.9 Å². The van der Waals surface area contributed by atoms with E-state index in [2.05, 4.69) is 86.8 Å². The number of unbranched alkanes of at least 4 members (excludes halogenated alkanes) is 24. The van der Waals surface area contributed by atoms with Gasteiger partial charge >= 0.3 is 5.97 Å². The number of carbonyl (C=O) groups excluding carboxylic acids is 2. The molecule has 0 aliphatic heterocycles. The van der Waals surface area contributed by atoms with Crippen LogP contribution in [0.5, 0.6) is 0 Å². The molecule has 0 aromatic heterocycles. The van der Waals surface area contributed by atoms with Crippen molar-refractivity contribution in [1.29, 1.82) is 0 Å². The lowest BCUT2D eigenvalue weighted by molar-refractivity contribution is -0.151. The Morgan fingerprint density at radius 3 is 1.34 bits per heavy atom. The molecule has 0 saturated carbocycles. The molecule has 3 atom stereocenters. The quantitative estimate of drug-likeness (QED) is 0.0322. The summed E-state index contributed by atoms with van der Waals surface area (Å²) < 4.78 is 5.90. The van der Waals surface area contributed by atoms with Gasteiger partial charge in [0, 0.05) is 6.42 Å². The van der Waals surface area contributed by atoms with Crippen LogP contribution in [0, 0.1) is 0 Å². The maximum atomic E-state index is 13.2. The molecule has 3 unspecified atom stereocenters. The summed E-state index contributed by atoms with van der Waals surface area (Å²) in [7, 11) is 0. The fourth-order valence-corrected chi connectivity index (χ4v) is 7.59. The first-order valence-electron chi connectivity index (χ1n) is 26.0. The zero-order chi connectivity index (χ0) is 44.5. The first-order valence-corrected chi connectivity index (χ1v) is 26.0. The van der Waals surface area contributed by atoms with Crippen molar-refractivity contribution >= 4 is 11.9 Å². The van der Waals surface area contributed by atoms with E-state index in [-0.39, 0.29) is 24.9 Å². The number of hydrogen-bond acceptors (Lipinski definition) is 5. The van der Waals surface area contributed by atoms with Gasteiger partial charge in [-0.3, -0.25) is 9.59 Å². The molecule has 0 heterocycles. The van der Waals surface area contributed by atoms with Gasteiger partial charge in [0.25, 0.3) is 0 Å². The number of esters is 1. The lowest BCUT2D eigenvalue weighted by Crippen LogP contribution is -2.46. The Balaban J connectivity index is 4.72. The second-order valence-corrected chi connectivity index (χ2v) is 17.6. The highest BCUT2D eigenvalue weighted by molar-refractivity contribution is 5.77. The van der Waals surface area contributed by atoms with E-state index in [4.69, 9.17) is 4.74 Å². The van der Waals surface area contributed by atoms with Crippen LogP contribution in [-0.4, -0.2) is 46.9 Å². The zero-order valence-electron chi connectivity index (χ0n) is 40.3. The lowest BCUT2D eigenvalue weighted by Gasteiger charge is -2.24. The van der Waals surface area contributed by atoms with Crippen LogP contribution in [0.2, 0.25) is 0 Å². The average Bonchev–Trinajstić information content (AvgIpc) is 3.25. The maximum Gasteiger partial charge on any atom is 0.306 e. The Hall–Kier alpha value is -2.44. The molecule has 6 nitrogen and oxygen atoms in total. The summed E-state index contributed by atoms with van der Waals surface area (Å²) >= 11 is 0. The molecule has 6 heteroatoms. The van der Waals surface area contributed by atoms with Gasteiger partial charge in [-0.1, -0.05) is 210 Å². The summed E-state index contributed by atoms with van der Waals surface area (Å²) in [4.78, 5) is 26.1. The molecule has 0 rings (SSSR count). The van der Waals surface area contributed by atoms with Crippen molar-refractivity contribution in [1.82, 2.24) is 5.32 Å². The van der Waals surface area contributed by atoms with Gasteiger partial charge in [0.2, 0.25) is 5.91 Å². The normalized spacial score (nSPS) is 13.7. The molecule has 0 bridgehead atoms. The van der Waals surface area contributed by atoms with Crippen LogP contribution in [0.15, 0.2) is 60.8 Å². The van der Waals surface area contributed by atoms with E-state index in [9.17, 15) is 19.8 Å². The van der Waals surface area contributed by atoms with Crippen molar-refractivity contribution in [3.05, 3.63) is 60.8 Å². The van der Waals surface area contributed by atoms with Gasteiger partial charge in [-0.2, -0.15) is 0 Å². The molecule has 0 saturated heterocycles. The standard InChI is InChI=1S/C55H99NO5/c1-4-7-10-13-16-19-22-25-26-27-28-30-31-34-37-40-43-46-51(61-55(60)48-45-42-39-36-33-29-23-20-17-14-11-8-5-2)49-54(59)56-52(50-57)53(58)47-44-41-38-35-32-24-21-18-15-12-9-6-3/h16,19,25-26,28-30,33-34,37,51-53,57-58H,4-15,17-18,20-24,27,31-32,35-36,38-50H2,1-3H3,(H,56,59)/b19-16-,26-25-,30-28-,33-29-,37-34-. The number of nitrogens with one attached hydrogen (secondary N) is 1. The summed E-state index contributed by atoms with van der Waals surface area (Å²) in [5.74, 6) is -0.545. The van der Waals surface area contributed by atoms with E-state index in [1.54, 1.807) is 0 Å². The molecule has 354 valence electrons. The van der Waals surface area contributed by atoms with Crippen molar-refractivity contribution in [2.45, 2.75) is 270 Å². The third-order valence-corrected chi connectivity index (χ3v) is 11.6.